The lowest BCUT2D eigenvalue weighted by atomic mass is 10.0. The van der Waals surface area contributed by atoms with E-state index in [1.807, 2.05) is 12.1 Å². The van der Waals surface area contributed by atoms with Crippen LogP contribution < -0.4 is 5.32 Å². The van der Waals surface area contributed by atoms with E-state index in [1.165, 1.54) is 30.9 Å². The number of anilines is 1. The molecule has 28 heavy (non-hydrogen) atoms. The Labute approximate surface area is 167 Å². The molecule has 0 fully saturated rings. The summed E-state index contributed by atoms with van der Waals surface area (Å²) in [4.78, 5) is 23.4. The Morgan fingerprint density at radius 2 is 1.64 bits per heavy atom. The second kappa shape index (κ2) is 10.3. The molecule has 2 aromatic rings. The lowest BCUT2D eigenvalue weighted by molar-refractivity contribution is -0.118. The maximum atomic E-state index is 11.9. The van der Waals surface area contributed by atoms with E-state index in [4.69, 9.17) is 0 Å². The number of nitrogens with one attached hydrogen (secondary N) is 1. The number of carboxylic acids is 1. The van der Waals surface area contributed by atoms with E-state index in [9.17, 15) is 14.7 Å². The summed E-state index contributed by atoms with van der Waals surface area (Å²) in [5, 5.41) is 12.1. The van der Waals surface area contributed by atoms with Crippen LogP contribution in [0.3, 0.4) is 0 Å². The van der Waals surface area contributed by atoms with Crippen molar-refractivity contribution in [3.8, 4) is 11.8 Å². The molecule has 0 aliphatic carbocycles. The van der Waals surface area contributed by atoms with Crippen molar-refractivity contribution in [3.63, 3.8) is 0 Å². The highest BCUT2D eigenvalue weighted by atomic mass is 16.4. The van der Waals surface area contributed by atoms with E-state index in [-0.39, 0.29) is 23.1 Å². The van der Waals surface area contributed by atoms with Crippen LogP contribution in [0.1, 0.15) is 67.1 Å². The summed E-state index contributed by atoms with van der Waals surface area (Å²) in [6, 6.07) is 13.0. The van der Waals surface area contributed by atoms with E-state index in [2.05, 4.69) is 36.2 Å². The van der Waals surface area contributed by atoms with Crippen LogP contribution in [0.25, 0.3) is 0 Å². The summed E-state index contributed by atoms with van der Waals surface area (Å²) >= 11 is 0. The average Bonchev–Trinajstić information content (AvgIpc) is 2.68. The molecule has 2 aromatic carbocycles. The Hall–Kier alpha value is -3.06. The molecule has 0 bridgehead atoms. The third kappa shape index (κ3) is 6.28. The fraction of sp³-hybridized carbons (Fsp3) is 0.333. The smallest absolute Gasteiger partial charge is 0.337 e. The summed E-state index contributed by atoms with van der Waals surface area (Å²) in [7, 11) is 0. The SMILES string of the molecule is CCCCCc1ccc(C#Cc2ccc(NC(=O)C(C)C)c(C(=O)O)c2)cc1. The summed E-state index contributed by atoms with van der Waals surface area (Å²) < 4.78 is 0. The van der Waals surface area contributed by atoms with Gasteiger partial charge in [0.25, 0.3) is 0 Å². The molecular formula is C24H27NO3. The number of amides is 1. The predicted octanol–water partition coefficient (Wildman–Crippen LogP) is 5.11. The molecule has 0 aliphatic heterocycles. The molecule has 1 amide bonds. The van der Waals surface area contributed by atoms with E-state index in [1.54, 1.807) is 26.0 Å². The van der Waals surface area contributed by atoms with Gasteiger partial charge >= 0.3 is 5.97 Å². The topological polar surface area (TPSA) is 66.4 Å². The van der Waals surface area contributed by atoms with Crippen LogP contribution >= 0.6 is 0 Å². The van der Waals surface area contributed by atoms with Crippen molar-refractivity contribution >= 4 is 17.6 Å². The molecule has 2 N–H and O–H groups in total. The van der Waals surface area contributed by atoms with Crippen molar-refractivity contribution in [1.82, 2.24) is 0 Å². The van der Waals surface area contributed by atoms with Gasteiger partial charge in [0.05, 0.1) is 11.3 Å². The van der Waals surface area contributed by atoms with Gasteiger partial charge < -0.3 is 10.4 Å². The number of carboxylic acid groups (broad SMARTS) is 1. The number of aryl methyl sites for hydroxylation is 1. The molecule has 0 saturated carbocycles. The zero-order valence-electron chi connectivity index (χ0n) is 16.7. The summed E-state index contributed by atoms with van der Waals surface area (Å²) in [6.07, 6.45) is 4.72. The maximum Gasteiger partial charge on any atom is 0.337 e. The highest BCUT2D eigenvalue weighted by molar-refractivity contribution is 6.01. The first kappa shape index (κ1) is 21.2. The van der Waals surface area contributed by atoms with Crippen molar-refractivity contribution in [2.45, 2.75) is 46.5 Å². The lowest BCUT2D eigenvalue weighted by Gasteiger charge is -2.10. The maximum absolute atomic E-state index is 11.9. The zero-order chi connectivity index (χ0) is 20.5. The first-order valence-corrected chi connectivity index (χ1v) is 9.70. The van der Waals surface area contributed by atoms with Crippen LogP contribution in [0.5, 0.6) is 0 Å². The lowest BCUT2D eigenvalue weighted by Crippen LogP contribution is -2.19. The van der Waals surface area contributed by atoms with Crippen LogP contribution in [-0.2, 0) is 11.2 Å². The van der Waals surface area contributed by atoms with E-state index < -0.39 is 5.97 Å². The van der Waals surface area contributed by atoms with Gasteiger partial charge in [-0.1, -0.05) is 57.6 Å². The van der Waals surface area contributed by atoms with Crippen LogP contribution in [0, 0.1) is 17.8 Å². The van der Waals surface area contributed by atoms with Gasteiger partial charge in [0.15, 0.2) is 0 Å². The summed E-state index contributed by atoms with van der Waals surface area (Å²) in [5.74, 6) is 4.52. The molecule has 0 aromatic heterocycles. The van der Waals surface area contributed by atoms with Gasteiger partial charge in [-0.05, 0) is 48.7 Å². The Kier molecular flexibility index (Phi) is 7.83. The Morgan fingerprint density at radius 3 is 2.25 bits per heavy atom. The molecule has 0 unspecified atom stereocenters. The third-order valence-electron chi connectivity index (χ3n) is 4.41. The Bertz CT molecular complexity index is 886. The zero-order valence-corrected chi connectivity index (χ0v) is 16.7. The Balaban J connectivity index is 2.15. The molecule has 0 radical (unpaired) electrons. The highest BCUT2D eigenvalue weighted by Crippen LogP contribution is 2.18. The van der Waals surface area contributed by atoms with Crippen LogP contribution in [0.15, 0.2) is 42.5 Å². The third-order valence-corrected chi connectivity index (χ3v) is 4.41. The number of carbonyl (C=O) groups excluding carboxylic acids is 1. The van der Waals surface area contributed by atoms with Crippen molar-refractivity contribution in [2.75, 3.05) is 5.32 Å². The van der Waals surface area contributed by atoms with E-state index in [0.717, 1.165) is 12.0 Å². The minimum absolute atomic E-state index is 0.0343. The molecule has 146 valence electrons. The minimum Gasteiger partial charge on any atom is -0.478 e. The standard InChI is InChI=1S/C24H27NO3/c1-4-5-6-7-18-8-10-19(11-9-18)12-13-20-14-15-22(21(16-20)24(27)28)25-23(26)17(2)3/h8-11,14-17H,4-7H2,1-3H3,(H,25,26)(H,27,28). The minimum atomic E-state index is -1.10. The second-order valence-electron chi connectivity index (χ2n) is 7.11. The van der Waals surface area contributed by atoms with Crippen molar-refractivity contribution in [3.05, 3.63) is 64.7 Å². The molecule has 0 saturated heterocycles. The van der Waals surface area contributed by atoms with Crippen molar-refractivity contribution < 1.29 is 14.7 Å². The Morgan fingerprint density at radius 1 is 1.00 bits per heavy atom. The van der Waals surface area contributed by atoms with E-state index >= 15 is 0 Å². The molecule has 4 nitrogen and oxygen atoms in total. The van der Waals surface area contributed by atoms with Crippen LogP contribution in [-0.4, -0.2) is 17.0 Å². The number of aromatic carboxylic acids is 1. The van der Waals surface area contributed by atoms with Gasteiger partial charge in [0, 0.05) is 17.0 Å². The highest BCUT2D eigenvalue weighted by Gasteiger charge is 2.14. The van der Waals surface area contributed by atoms with Gasteiger partial charge in [0.2, 0.25) is 5.91 Å². The average molecular weight is 377 g/mol. The number of unbranched alkanes of at least 4 members (excludes halogenated alkanes) is 2. The molecule has 0 atom stereocenters. The normalized spacial score (nSPS) is 10.3. The molecule has 2 rings (SSSR count). The van der Waals surface area contributed by atoms with Gasteiger partial charge in [-0.25, -0.2) is 4.79 Å². The monoisotopic (exact) mass is 377 g/mol. The number of carbonyl (C=O) groups is 2. The number of benzene rings is 2. The fourth-order valence-corrected chi connectivity index (χ4v) is 2.66. The molecular weight excluding hydrogens is 350 g/mol. The largest absolute Gasteiger partial charge is 0.478 e. The van der Waals surface area contributed by atoms with Gasteiger partial charge in [-0.2, -0.15) is 0 Å². The van der Waals surface area contributed by atoms with Gasteiger partial charge in [-0.3, -0.25) is 4.79 Å². The molecule has 0 spiro atoms. The molecule has 0 aliphatic rings. The van der Waals surface area contributed by atoms with Gasteiger partial charge in [-0.15, -0.1) is 0 Å². The van der Waals surface area contributed by atoms with Crippen molar-refractivity contribution in [2.24, 2.45) is 5.92 Å². The van der Waals surface area contributed by atoms with Crippen LogP contribution in [0.2, 0.25) is 0 Å². The summed E-state index contributed by atoms with van der Waals surface area (Å²) in [5.41, 5.74) is 3.10. The predicted molar refractivity (Wildman–Crippen MR) is 113 cm³/mol. The van der Waals surface area contributed by atoms with Gasteiger partial charge in [0.1, 0.15) is 0 Å². The van der Waals surface area contributed by atoms with Crippen LogP contribution in [0.4, 0.5) is 5.69 Å². The quantitative estimate of drug-likeness (QED) is 0.520. The molecule has 0 heterocycles. The number of hydrogen-bond acceptors (Lipinski definition) is 2. The first-order valence-electron chi connectivity index (χ1n) is 9.70. The first-order chi connectivity index (χ1) is 13.4. The van der Waals surface area contributed by atoms with Crippen molar-refractivity contribution in [1.29, 1.82) is 0 Å². The number of hydrogen-bond donors (Lipinski definition) is 2. The molecule has 4 heteroatoms. The second-order valence-corrected chi connectivity index (χ2v) is 7.11. The summed E-state index contributed by atoms with van der Waals surface area (Å²) in [6.45, 7) is 5.70. The van der Waals surface area contributed by atoms with E-state index in [0.29, 0.717) is 5.56 Å². The fourth-order valence-electron chi connectivity index (χ4n) is 2.66. The number of rotatable bonds is 7.